The van der Waals surface area contributed by atoms with Gasteiger partial charge in [-0.05, 0) is 26.7 Å². The van der Waals surface area contributed by atoms with Crippen molar-refractivity contribution in [2.75, 3.05) is 13.1 Å². The van der Waals surface area contributed by atoms with Crippen molar-refractivity contribution in [2.24, 2.45) is 0 Å². The van der Waals surface area contributed by atoms with Crippen molar-refractivity contribution in [1.29, 1.82) is 0 Å². The molecule has 0 N–H and O–H groups in total. The summed E-state index contributed by atoms with van der Waals surface area (Å²) in [6, 6.07) is 9.09. The van der Waals surface area contributed by atoms with Gasteiger partial charge in [-0.1, -0.05) is 35.5 Å². The van der Waals surface area contributed by atoms with Crippen molar-refractivity contribution >= 4 is 11.9 Å². The van der Waals surface area contributed by atoms with Gasteiger partial charge in [-0.25, -0.2) is 4.79 Å². The summed E-state index contributed by atoms with van der Waals surface area (Å²) >= 11 is 0. The van der Waals surface area contributed by atoms with E-state index < -0.39 is 12.1 Å². The lowest BCUT2D eigenvalue weighted by molar-refractivity contribution is -0.140. The van der Waals surface area contributed by atoms with Gasteiger partial charge in [-0.15, -0.1) is 0 Å². The maximum Gasteiger partial charge on any atom is 0.344 e. The molecule has 126 valence electrons. The molecule has 6 heteroatoms. The van der Waals surface area contributed by atoms with E-state index in [9.17, 15) is 9.59 Å². The standard InChI is InChI=1S/C18H20N2O4/c1-12-15(13(2)24-19-12)18(22)23-16(14-8-4-3-5-9-14)17(21)20-10-6-7-11-20/h3-5,8-9,16H,6-7,10-11H2,1-2H3/t16-/m0/s1. The Hall–Kier alpha value is -2.63. The monoisotopic (exact) mass is 328 g/mol. The lowest BCUT2D eigenvalue weighted by Gasteiger charge is -2.23. The van der Waals surface area contributed by atoms with Crippen LogP contribution in [-0.4, -0.2) is 35.0 Å². The molecule has 1 saturated heterocycles. The maximum absolute atomic E-state index is 12.8. The van der Waals surface area contributed by atoms with Crippen LogP contribution in [0.25, 0.3) is 0 Å². The number of benzene rings is 1. The number of rotatable bonds is 4. The van der Waals surface area contributed by atoms with Gasteiger partial charge in [0.15, 0.2) is 0 Å². The molecular weight excluding hydrogens is 308 g/mol. The minimum atomic E-state index is -0.953. The highest BCUT2D eigenvalue weighted by molar-refractivity contribution is 5.94. The van der Waals surface area contributed by atoms with Crippen LogP contribution >= 0.6 is 0 Å². The first-order valence-electron chi connectivity index (χ1n) is 8.05. The predicted octanol–water partition coefficient (Wildman–Crippen LogP) is 2.81. The first-order valence-corrected chi connectivity index (χ1v) is 8.05. The molecule has 1 aliphatic heterocycles. The van der Waals surface area contributed by atoms with E-state index in [1.165, 1.54) is 0 Å². The molecule has 0 saturated carbocycles. The van der Waals surface area contributed by atoms with E-state index >= 15 is 0 Å². The van der Waals surface area contributed by atoms with Crippen LogP contribution < -0.4 is 0 Å². The van der Waals surface area contributed by atoms with Crippen molar-refractivity contribution in [1.82, 2.24) is 10.1 Å². The molecule has 1 aromatic heterocycles. The number of aromatic nitrogens is 1. The number of amides is 1. The second-order valence-corrected chi connectivity index (χ2v) is 5.93. The van der Waals surface area contributed by atoms with Crippen molar-refractivity contribution in [3.05, 3.63) is 52.9 Å². The highest BCUT2D eigenvalue weighted by Crippen LogP contribution is 2.25. The van der Waals surface area contributed by atoms with Crippen molar-refractivity contribution in [3.63, 3.8) is 0 Å². The van der Waals surface area contributed by atoms with Crippen molar-refractivity contribution in [2.45, 2.75) is 32.8 Å². The zero-order chi connectivity index (χ0) is 17.1. The fourth-order valence-electron chi connectivity index (χ4n) is 2.93. The van der Waals surface area contributed by atoms with Gasteiger partial charge in [0.1, 0.15) is 11.3 Å². The lowest BCUT2D eigenvalue weighted by Crippen LogP contribution is -2.35. The zero-order valence-corrected chi connectivity index (χ0v) is 13.8. The van der Waals surface area contributed by atoms with Crippen molar-refractivity contribution < 1.29 is 18.8 Å². The van der Waals surface area contributed by atoms with Gasteiger partial charge in [0.2, 0.25) is 6.10 Å². The van der Waals surface area contributed by atoms with E-state index in [4.69, 9.17) is 9.26 Å². The molecule has 0 radical (unpaired) electrons. The number of hydrogen-bond acceptors (Lipinski definition) is 5. The summed E-state index contributed by atoms with van der Waals surface area (Å²) in [5, 5.41) is 3.77. The van der Waals surface area contributed by atoms with E-state index in [0.29, 0.717) is 30.1 Å². The Kier molecular flexibility index (Phi) is 4.64. The Bertz CT molecular complexity index is 713. The number of likely N-dealkylation sites (tertiary alicyclic amines) is 1. The second-order valence-electron chi connectivity index (χ2n) is 5.93. The van der Waals surface area contributed by atoms with Crippen LogP contribution in [0.2, 0.25) is 0 Å². The number of nitrogens with zero attached hydrogens (tertiary/aromatic N) is 2. The molecule has 1 aromatic carbocycles. The van der Waals surface area contributed by atoms with E-state index in [1.54, 1.807) is 30.9 Å². The van der Waals surface area contributed by atoms with Gasteiger partial charge >= 0.3 is 5.97 Å². The number of carbonyl (C=O) groups excluding carboxylic acids is 2. The minimum absolute atomic E-state index is 0.182. The first kappa shape index (κ1) is 16.2. The number of carbonyl (C=O) groups is 2. The third-order valence-corrected chi connectivity index (χ3v) is 4.21. The molecule has 1 aliphatic rings. The second kappa shape index (κ2) is 6.86. The largest absolute Gasteiger partial charge is 0.444 e. The zero-order valence-electron chi connectivity index (χ0n) is 13.8. The number of ether oxygens (including phenoxy) is 1. The molecule has 0 bridgehead atoms. The third-order valence-electron chi connectivity index (χ3n) is 4.21. The summed E-state index contributed by atoms with van der Waals surface area (Å²) in [6.07, 6.45) is 1.00. The molecule has 2 aromatic rings. The van der Waals surface area contributed by atoms with E-state index in [1.807, 2.05) is 18.2 Å². The predicted molar refractivity (Wildman–Crippen MR) is 86.4 cm³/mol. The molecule has 1 fully saturated rings. The summed E-state index contributed by atoms with van der Waals surface area (Å²) in [6.45, 7) is 4.72. The van der Waals surface area contributed by atoms with E-state index in [2.05, 4.69) is 5.16 Å². The average molecular weight is 328 g/mol. The molecule has 1 atom stereocenters. The smallest absolute Gasteiger partial charge is 0.344 e. The summed E-state index contributed by atoms with van der Waals surface area (Å²) < 4.78 is 10.6. The van der Waals surface area contributed by atoms with Gasteiger partial charge in [0.05, 0.1) is 5.69 Å². The highest BCUT2D eigenvalue weighted by atomic mass is 16.6. The fourth-order valence-corrected chi connectivity index (χ4v) is 2.93. The van der Waals surface area contributed by atoms with Crippen LogP contribution in [-0.2, 0) is 9.53 Å². The summed E-state index contributed by atoms with van der Waals surface area (Å²) in [7, 11) is 0. The molecule has 0 aliphatic carbocycles. The summed E-state index contributed by atoms with van der Waals surface area (Å²) in [4.78, 5) is 27.1. The highest BCUT2D eigenvalue weighted by Gasteiger charge is 2.32. The van der Waals surface area contributed by atoms with Gasteiger partial charge in [0.25, 0.3) is 5.91 Å². The first-order chi connectivity index (χ1) is 11.6. The van der Waals surface area contributed by atoms with Gasteiger partial charge < -0.3 is 14.2 Å². The van der Waals surface area contributed by atoms with Crippen molar-refractivity contribution in [3.8, 4) is 0 Å². The normalized spacial score (nSPS) is 15.3. The summed E-state index contributed by atoms with van der Waals surface area (Å²) in [5.41, 5.74) is 1.40. The minimum Gasteiger partial charge on any atom is -0.444 e. The fraction of sp³-hybridized carbons (Fsp3) is 0.389. The third kappa shape index (κ3) is 3.18. The Balaban J connectivity index is 1.87. The Morgan fingerprint density at radius 2 is 1.83 bits per heavy atom. The molecule has 3 rings (SSSR count). The average Bonchev–Trinajstić information content (AvgIpc) is 3.23. The molecule has 6 nitrogen and oxygen atoms in total. The summed E-state index contributed by atoms with van der Waals surface area (Å²) in [5.74, 6) is -0.385. The van der Waals surface area contributed by atoms with Crippen LogP contribution in [0, 0.1) is 13.8 Å². The van der Waals surface area contributed by atoms with Crippen LogP contribution in [0.3, 0.4) is 0 Å². The van der Waals surface area contributed by atoms with Crippen LogP contribution in [0.5, 0.6) is 0 Å². The molecular formula is C18H20N2O4. The van der Waals surface area contributed by atoms with E-state index in [0.717, 1.165) is 12.8 Å². The molecule has 0 spiro atoms. The van der Waals surface area contributed by atoms with Gasteiger partial charge in [-0.3, -0.25) is 4.79 Å². The van der Waals surface area contributed by atoms with E-state index in [-0.39, 0.29) is 11.5 Å². The number of hydrogen-bond donors (Lipinski definition) is 0. The molecule has 1 amide bonds. The van der Waals surface area contributed by atoms with Crippen LogP contribution in [0.15, 0.2) is 34.9 Å². The lowest BCUT2D eigenvalue weighted by atomic mass is 10.1. The number of aryl methyl sites for hydroxylation is 2. The maximum atomic E-state index is 12.8. The van der Waals surface area contributed by atoms with Gasteiger partial charge in [0, 0.05) is 18.7 Å². The Morgan fingerprint density at radius 1 is 1.17 bits per heavy atom. The SMILES string of the molecule is Cc1noc(C)c1C(=O)O[C@H](C(=O)N1CCCC1)c1ccccc1. The topological polar surface area (TPSA) is 72.6 Å². The Labute approximate surface area is 140 Å². The van der Waals surface area contributed by atoms with Gasteiger partial charge in [-0.2, -0.15) is 0 Å². The molecule has 0 unspecified atom stereocenters. The quantitative estimate of drug-likeness (QED) is 0.807. The van der Waals surface area contributed by atoms with Crippen LogP contribution in [0.4, 0.5) is 0 Å². The number of esters is 1. The Morgan fingerprint density at radius 3 is 2.42 bits per heavy atom. The van der Waals surface area contributed by atoms with Crippen LogP contribution in [0.1, 0.15) is 46.3 Å². The molecule has 2 heterocycles. The molecule has 24 heavy (non-hydrogen) atoms.